The van der Waals surface area contributed by atoms with Gasteiger partial charge in [-0.3, -0.25) is 9.36 Å². The quantitative estimate of drug-likeness (QED) is 0.764. The van der Waals surface area contributed by atoms with Gasteiger partial charge >= 0.3 is 0 Å². The van der Waals surface area contributed by atoms with Crippen molar-refractivity contribution in [3.05, 3.63) is 55.3 Å². The van der Waals surface area contributed by atoms with E-state index in [4.69, 9.17) is 0 Å². The topological polar surface area (TPSA) is 90.5 Å². The Morgan fingerprint density at radius 3 is 2.52 bits per heavy atom. The van der Waals surface area contributed by atoms with Crippen LogP contribution in [0.5, 0.6) is 0 Å². The van der Waals surface area contributed by atoms with Crippen LogP contribution in [-0.2, 0) is 6.54 Å². The molecule has 25 heavy (non-hydrogen) atoms. The van der Waals surface area contributed by atoms with Crippen LogP contribution in [0.4, 0.5) is 0 Å². The number of nitrogens with zero attached hydrogens (tertiary/aromatic N) is 6. The second kappa shape index (κ2) is 6.84. The summed E-state index contributed by atoms with van der Waals surface area (Å²) >= 11 is 0. The molecule has 0 bridgehead atoms. The molecule has 0 aliphatic carbocycles. The summed E-state index contributed by atoms with van der Waals surface area (Å²) in [6.07, 6.45) is 10.0. The monoisotopic (exact) mass is 339 g/mol. The first kappa shape index (κ1) is 16.8. The first-order chi connectivity index (χ1) is 11.9. The summed E-state index contributed by atoms with van der Waals surface area (Å²) in [7, 11) is 0. The van der Waals surface area contributed by atoms with Crippen LogP contribution in [0.25, 0.3) is 5.82 Å². The lowest BCUT2D eigenvalue weighted by atomic mass is 9.86. The van der Waals surface area contributed by atoms with Gasteiger partial charge in [0.05, 0.1) is 17.9 Å². The standard InChI is InChI=1S/C17H21N7O/c1-17(2,3)14(9-23-7-6-18-10-23)22-16(25)13-4-5-15(19-8-13)24-11-20-21-12-24/h4-8,10-12,14H,9H2,1-3H3,(H,22,25)/t14-/m1/s1. The molecule has 130 valence electrons. The third kappa shape index (κ3) is 4.09. The number of imidazole rings is 1. The zero-order valence-electron chi connectivity index (χ0n) is 14.5. The molecule has 0 aliphatic rings. The summed E-state index contributed by atoms with van der Waals surface area (Å²) in [6, 6.07) is 3.46. The molecule has 3 heterocycles. The van der Waals surface area contributed by atoms with Gasteiger partial charge in [0, 0.05) is 25.1 Å². The molecular formula is C17H21N7O. The van der Waals surface area contributed by atoms with Crippen molar-refractivity contribution in [2.24, 2.45) is 5.41 Å². The molecule has 0 aromatic carbocycles. The molecule has 1 amide bonds. The Labute approximate surface area is 145 Å². The van der Waals surface area contributed by atoms with Crippen molar-refractivity contribution in [1.82, 2.24) is 34.6 Å². The summed E-state index contributed by atoms with van der Waals surface area (Å²) in [5, 5.41) is 10.6. The van der Waals surface area contributed by atoms with Crippen molar-refractivity contribution in [2.75, 3.05) is 0 Å². The van der Waals surface area contributed by atoms with Crippen LogP contribution < -0.4 is 5.32 Å². The predicted molar refractivity (Wildman–Crippen MR) is 92.1 cm³/mol. The molecule has 0 radical (unpaired) electrons. The Bertz CT molecular complexity index is 802. The number of aromatic nitrogens is 6. The van der Waals surface area contributed by atoms with E-state index in [0.29, 0.717) is 17.9 Å². The number of nitrogens with one attached hydrogen (secondary N) is 1. The summed E-state index contributed by atoms with van der Waals surface area (Å²) in [6.45, 7) is 6.95. The molecule has 1 atom stereocenters. The third-order valence-corrected chi connectivity index (χ3v) is 4.00. The number of pyridine rings is 1. The molecule has 3 rings (SSSR count). The first-order valence-corrected chi connectivity index (χ1v) is 8.01. The maximum absolute atomic E-state index is 12.6. The van der Waals surface area contributed by atoms with Gasteiger partial charge in [-0.25, -0.2) is 9.97 Å². The Kier molecular flexibility index (Phi) is 4.60. The molecule has 3 aromatic rings. The van der Waals surface area contributed by atoms with Gasteiger partial charge in [-0.1, -0.05) is 20.8 Å². The van der Waals surface area contributed by atoms with Gasteiger partial charge in [0.2, 0.25) is 0 Å². The summed E-state index contributed by atoms with van der Waals surface area (Å²) in [5.74, 6) is 0.509. The van der Waals surface area contributed by atoms with Gasteiger partial charge in [-0.2, -0.15) is 0 Å². The van der Waals surface area contributed by atoms with Crippen LogP contribution in [0.1, 0.15) is 31.1 Å². The Hall–Kier alpha value is -3.03. The van der Waals surface area contributed by atoms with Gasteiger partial charge < -0.3 is 9.88 Å². The predicted octanol–water partition coefficient (Wildman–Crippen LogP) is 1.70. The van der Waals surface area contributed by atoms with Crippen molar-refractivity contribution in [1.29, 1.82) is 0 Å². The van der Waals surface area contributed by atoms with Crippen LogP contribution in [-0.4, -0.2) is 41.2 Å². The van der Waals surface area contributed by atoms with Gasteiger partial charge in [0.15, 0.2) is 0 Å². The molecule has 0 saturated heterocycles. The lowest BCUT2D eigenvalue weighted by Crippen LogP contribution is -2.46. The fourth-order valence-electron chi connectivity index (χ4n) is 2.38. The first-order valence-electron chi connectivity index (χ1n) is 8.01. The van der Waals surface area contributed by atoms with Crippen LogP contribution >= 0.6 is 0 Å². The van der Waals surface area contributed by atoms with E-state index in [-0.39, 0.29) is 17.4 Å². The van der Waals surface area contributed by atoms with Crippen LogP contribution in [0.2, 0.25) is 0 Å². The van der Waals surface area contributed by atoms with Crippen LogP contribution in [0.15, 0.2) is 49.7 Å². The molecule has 1 N–H and O–H groups in total. The minimum atomic E-state index is -0.150. The second-order valence-corrected chi connectivity index (χ2v) is 6.93. The number of hydrogen-bond acceptors (Lipinski definition) is 5. The van der Waals surface area contributed by atoms with Crippen molar-refractivity contribution in [2.45, 2.75) is 33.4 Å². The molecule has 0 aliphatic heterocycles. The van der Waals surface area contributed by atoms with Gasteiger partial charge in [-0.05, 0) is 17.5 Å². The van der Waals surface area contributed by atoms with E-state index in [0.717, 1.165) is 0 Å². The highest BCUT2D eigenvalue weighted by Gasteiger charge is 2.27. The maximum Gasteiger partial charge on any atom is 0.253 e. The van der Waals surface area contributed by atoms with Crippen LogP contribution in [0.3, 0.4) is 0 Å². The number of carbonyl (C=O) groups excluding carboxylic acids is 1. The molecule has 8 heteroatoms. The van der Waals surface area contributed by atoms with E-state index in [1.165, 1.54) is 0 Å². The average molecular weight is 339 g/mol. The van der Waals surface area contributed by atoms with Gasteiger partial charge in [-0.15, -0.1) is 10.2 Å². The van der Waals surface area contributed by atoms with Crippen molar-refractivity contribution < 1.29 is 4.79 Å². The minimum Gasteiger partial charge on any atom is -0.347 e. The van der Waals surface area contributed by atoms with E-state index in [9.17, 15) is 4.79 Å². The number of amides is 1. The molecule has 0 spiro atoms. The zero-order chi connectivity index (χ0) is 17.9. The fraction of sp³-hybridized carbons (Fsp3) is 0.353. The molecule has 3 aromatic heterocycles. The SMILES string of the molecule is CC(C)(C)[C@@H](Cn1ccnc1)NC(=O)c1ccc(-n2cnnc2)nc1. The van der Waals surface area contributed by atoms with E-state index < -0.39 is 0 Å². The number of rotatable bonds is 5. The highest BCUT2D eigenvalue weighted by atomic mass is 16.1. The van der Waals surface area contributed by atoms with Gasteiger partial charge in [0.1, 0.15) is 18.5 Å². The fourth-order valence-corrected chi connectivity index (χ4v) is 2.38. The largest absolute Gasteiger partial charge is 0.347 e. The van der Waals surface area contributed by atoms with E-state index in [1.807, 2.05) is 10.8 Å². The Morgan fingerprint density at radius 1 is 1.20 bits per heavy atom. The van der Waals surface area contributed by atoms with E-state index >= 15 is 0 Å². The van der Waals surface area contributed by atoms with E-state index in [2.05, 4.69) is 46.3 Å². The Morgan fingerprint density at radius 2 is 1.96 bits per heavy atom. The van der Waals surface area contributed by atoms with Gasteiger partial charge in [0.25, 0.3) is 5.91 Å². The summed E-state index contributed by atoms with van der Waals surface area (Å²) < 4.78 is 3.64. The molecule has 0 saturated carbocycles. The lowest BCUT2D eigenvalue weighted by Gasteiger charge is -2.31. The van der Waals surface area contributed by atoms with Crippen molar-refractivity contribution >= 4 is 5.91 Å². The zero-order valence-corrected chi connectivity index (χ0v) is 14.5. The molecule has 0 unspecified atom stereocenters. The number of hydrogen-bond donors (Lipinski definition) is 1. The maximum atomic E-state index is 12.6. The van der Waals surface area contributed by atoms with Crippen molar-refractivity contribution in [3.63, 3.8) is 0 Å². The third-order valence-electron chi connectivity index (χ3n) is 4.00. The van der Waals surface area contributed by atoms with E-state index in [1.54, 1.807) is 48.1 Å². The van der Waals surface area contributed by atoms with Crippen LogP contribution in [0, 0.1) is 5.41 Å². The molecular weight excluding hydrogens is 318 g/mol. The molecule has 8 nitrogen and oxygen atoms in total. The highest BCUT2D eigenvalue weighted by molar-refractivity contribution is 5.94. The second-order valence-electron chi connectivity index (χ2n) is 6.93. The Balaban J connectivity index is 1.72. The summed E-state index contributed by atoms with van der Waals surface area (Å²) in [4.78, 5) is 21.0. The average Bonchev–Trinajstić information content (AvgIpc) is 3.27. The normalized spacial score (nSPS) is 12.8. The van der Waals surface area contributed by atoms with Crippen molar-refractivity contribution in [3.8, 4) is 5.82 Å². The number of carbonyl (C=O) groups is 1. The summed E-state index contributed by atoms with van der Waals surface area (Å²) in [5.41, 5.74) is 0.409. The lowest BCUT2D eigenvalue weighted by molar-refractivity contribution is 0.0892. The molecule has 0 fully saturated rings. The smallest absolute Gasteiger partial charge is 0.253 e. The highest BCUT2D eigenvalue weighted by Crippen LogP contribution is 2.21. The minimum absolute atomic E-state index is 0.0493.